The molecule has 0 spiro atoms. The third kappa shape index (κ3) is 1.95. The lowest BCUT2D eigenvalue weighted by atomic mass is 9.82. The van der Waals surface area contributed by atoms with Gasteiger partial charge < -0.3 is 5.11 Å². The average Bonchev–Trinajstić information content (AvgIpc) is 2.18. The van der Waals surface area contributed by atoms with Crippen LogP contribution in [0.2, 0.25) is 0 Å². The second-order valence-corrected chi connectivity index (χ2v) is 4.01. The lowest BCUT2D eigenvalue weighted by molar-refractivity contribution is 0.106. The highest BCUT2D eigenvalue weighted by molar-refractivity contribution is 5.22. The Bertz CT molecular complexity index is 311. The summed E-state index contributed by atoms with van der Waals surface area (Å²) in [6.07, 6.45) is 3.77. The predicted molar refractivity (Wildman–Crippen MR) is 53.6 cm³/mol. The Morgan fingerprint density at radius 2 is 2.00 bits per heavy atom. The summed E-state index contributed by atoms with van der Waals surface area (Å²) in [5.74, 6) is -0.0697. The zero-order valence-corrected chi connectivity index (χ0v) is 8.12. The third-order valence-corrected chi connectivity index (χ3v) is 3.01. The number of hydrogen-bond donors (Lipinski definition) is 1. The number of aliphatic hydroxyl groups excluding tert-OH is 1. The van der Waals surface area contributed by atoms with Gasteiger partial charge in [0.1, 0.15) is 5.82 Å². The topological polar surface area (TPSA) is 20.2 Å². The number of rotatable bonds is 1. The van der Waals surface area contributed by atoms with Crippen molar-refractivity contribution in [3.63, 3.8) is 0 Å². The van der Waals surface area contributed by atoms with E-state index >= 15 is 0 Å². The fourth-order valence-corrected chi connectivity index (χ4v) is 2.24. The second-order valence-electron chi connectivity index (χ2n) is 4.01. The lowest BCUT2D eigenvalue weighted by Gasteiger charge is -2.27. The normalized spacial score (nSPS) is 27.6. The van der Waals surface area contributed by atoms with Gasteiger partial charge >= 0.3 is 0 Å². The molecular formula is C12H15FO. The molecule has 0 aromatic heterocycles. The van der Waals surface area contributed by atoms with Gasteiger partial charge in [0.05, 0.1) is 6.10 Å². The van der Waals surface area contributed by atoms with E-state index in [2.05, 4.69) is 0 Å². The van der Waals surface area contributed by atoms with Crippen LogP contribution < -0.4 is 0 Å². The van der Waals surface area contributed by atoms with E-state index in [1.807, 2.05) is 6.07 Å². The summed E-state index contributed by atoms with van der Waals surface area (Å²) in [7, 11) is 0. The predicted octanol–water partition coefficient (Wildman–Crippen LogP) is 2.84. The molecule has 2 atom stereocenters. The summed E-state index contributed by atoms with van der Waals surface area (Å²) in [5.41, 5.74) is 0.942. The first-order chi connectivity index (χ1) is 6.77. The largest absolute Gasteiger partial charge is 0.392 e. The van der Waals surface area contributed by atoms with Crippen LogP contribution in [0.25, 0.3) is 0 Å². The molecule has 2 rings (SSSR count). The Balaban J connectivity index is 2.20. The quantitative estimate of drug-likeness (QED) is 0.728. The molecule has 1 saturated carbocycles. The fourth-order valence-electron chi connectivity index (χ4n) is 2.24. The molecule has 0 radical (unpaired) electrons. The van der Waals surface area contributed by atoms with E-state index in [-0.39, 0.29) is 17.8 Å². The van der Waals surface area contributed by atoms with Crippen LogP contribution in [0.3, 0.4) is 0 Å². The van der Waals surface area contributed by atoms with Crippen molar-refractivity contribution in [3.8, 4) is 0 Å². The molecule has 0 unspecified atom stereocenters. The number of aliphatic hydroxyl groups is 1. The number of benzene rings is 1. The molecule has 1 aromatic carbocycles. The zero-order valence-electron chi connectivity index (χ0n) is 8.12. The SMILES string of the molecule is O[C@@H]1CCCC[C@H]1c1cccc(F)c1. The van der Waals surface area contributed by atoms with E-state index in [0.717, 1.165) is 31.2 Å². The smallest absolute Gasteiger partial charge is 0.123 e. The summed E-state index contributed by atoms with van der Waals surface area (Å²) in [6, 6.07) is 6.60. The highest BCUT2D eigenvalue weighted by atomic mass is 19.1. The van der Waals surface area contributed by atoms with E-state index in [0.29, 0.717) is 0 Å². The van der Waals surface area contributed by atoms with Gasteiger partial charge in [-0.25, -0.2) is 4.39 Å². The van der Waals surface area contributed by atoms with Crippen molar-refractivity contribution in [3.05, 3.63) is 35.6 Å². The van der Waals surface area contributed by atoms with E-state index in [9.17, 15) is 9.50 Å². The molecule has 2 heteroatoms. The molecule has 0 heterocycles. The van der Waals surface area contributed by atoms with Crippen LogP contribution in [-0.4, -0.2) is 11.2 Å². The van der Waals surface area contributed by atoms with Gasteiger partial charge in [0, 0.05) is 5.92 Å². The number of hydrogen-bond acceptors (Lipinski definition) is 1. The van der Waals surface area contributed by atoms with Gasteiger partial charge in [-0.05, 0) is 30.5 Å². The second kappa shape index (κ2) is 4.09. The van der Waals surface area contributed by atoms with Crippen LogP contribution in [0.1, 0.15) is 37.2 Å². The molecule has 1 aliphatic rings. The first-order valence-corrected chi connectivity index (χ1v) is 5.21. The Hall–Kier alpha value is -0.890. The first kappa shape index (κ1) is 9.66. The van der Waals surface area contributed by atoms with Gasteiger partial charge in [-0.2, -0.15) is 0 Å². The van der Waals surface area contributed by atoms with Crippen LogP contribution in [-0.2, 0) is 0 Å². The molecule has 1 aromatic rings. The summed E-state index contributed by atoms with van der Waals surface area (Å²) >= 11 is 0. The highest BCUT2D eigenvalue weighted by Crippen LogP contribution is 2.33. The molecule has 0 bridgehead atoms. The van der Waals surface area contributed by atoms with Gasteiger partial charge in [-0.15, -0.1) is 0 Å². The standard InChI is InChI=1S/C12H15FO/c13-10-5-3-4-9(8-10)11-6-1-2-7-12(11)14/h3-5,8,11-12,14H,1-2,6-7H2/t11-,12+/m0/s1. The third-order valence-electron chi connectivity index (χ3n) is 3.01. The van der Waals surface area contributed by atoms with E-state index in [1.54, 1.807) is 12.1 Å². The van der Waals surface area contributed by atoms with Crippen molar-refractivity contribution in [1.82, 2.24) is 0 Å². The summed E-state index contributed by atoms with van der Waals surface area (Å²) in [6.45, 7) is 0. The molecule has 76 valence electrons. The van der Waals surface area contributed by atoms with Crippen LogP contribution in [0.15, 0.2) is 24.3 Å². The van der Waals surface area contributed by atoms with Crippen LogP contribution in [0.4, 0.5) is 4.39 Å². The first-order valence-electron chi connectivity index (χ1n) is 5.21. The lowest BCUT2D eigenvalue weighted by Crippen LogP contribution is -2.22. The Kier molecular flexibility index (Phi) is 2.82. The van der Waals surface area contributed by atoms with Gasteiger partial charge in [-0.1, -0.05) is 25.0 Å². The maximum atomic E-state index is 13.0. The Morgan fingerprint density at radius 3 is 2.71 bits per heavy atom. The summed E-state index contributed by atoms with van der Waals surface area (Å²) < 4.78 is 13.0. The molecule has 1 fully saturated rings. The minimum atomic E-state index is -0.287. The summed E-state index contributed by atoms with van der Waals surface area (Å²) in [5, 5.41) is 9.79. The molecule has 1 N–H and O–H groups in total. The van der Waals surface area contributed by atoms with E-state index in [1.165, 1.54) is 6.07 Å². The molecule has 0 saturated heterocycles. The molecule has 14 heavy (non-hydrogen) atoms. The zero-order chi connectivity index (χ0) is 9.97. The van der Waals surface area contributed by atoms with Crippen molar-refractivity contribution in [2.24, 2.45) is 0 Å². The molecule has 1 nitrogen and oxygen atoms in total. The van der Waals surface area contributed by atoms with Gasteiger partial charge in [0.15, 0.2) is 0 Å². The minimum absolute atomic E-state index is 0.138. The van der Waals surface area contributed by atoms with Gasteiger partial charge in [-0.3, -0.25) is 0 Å². The molecular weight excluding hydrogens is 179 g/mol. The summed E-state index contributed by atoms with van der Waals surface area (Å²) in [4.78, 5) is 0. The van der Waals surface area contributed by atoms with Crippen LogP contribution >= 0.6 is 0 Å². The van der Waals surface area contributed by atoms with Crippen molar-refractivity contribution in [1.29, 1.82) is 0 Å². The minimum Gasteiger partial charge on any atom is -0.392 e. The van der Waals surface area contributed by atoms with Crippen molar-refractivity contribution in [2.75, 3.05) is 0 Å². The van der Waals surface area contributed by atoms with Crippen molar-refractivity contribution < 1.29 is 9.50 Å². The monoisotopic (exact) mass is 194 g/mol. The maximum Gasteiger partial charge on any atom is 0.123 e. The van der Waals surface area contributed by atoms with Crippen molar-refractivity contribution >= 4 is 0 Å². The van der Waals surface area contributed by atoms with E-state index in [4.69, 9.17) is 0 Å². The van der Waals surface area contributed by atoms with Crippen LogP contribution in [0.5, 0.6) is 0 Å². The highest BCUT2D eigenvalue weighted by Gasteiger charge is 2.24. The molecule has 1 aliphatic carbocycles. The Labute approximate surface area is 83.6 Å². The number of halogens is 1. The fraction of sp³-hybridized carbons (Fsp3) is 0.500. The molecule has 0 amide bonds. The van der Waals surface area contributed by atoms with Gasteiger partial charge in [0.2, 0.25) is 0 Å². The van der Waals surface area contributed by atoms with Crippen molar-refractivity contribution in [2.45, 2.75) is 37.7 Å². The molecule has 0 aliphatic heterocycles. The maximum absolute atomic E-state index is 13.0. The van der Waals surface area contributed by atoms with Crippen LogP contribution in [0, 0.1) is 5.82 Å². The van der Waals surface area contributed by atoms with E-state index < -0.39 is 0 Å². The Morgan fingerprint density at radius 1 is 1.21 bits per heavy atom. The van der Waals surface area contributed by atoms with Gasteiger partial charge in [0.25, 0.3) is 0 Å². The average molecular weight is 194 g/mol.